The van der Waals surface area contributed by atoms with Crippen LogP contribution in [-0.4, -0.2) is 25.8 Å². The first-order valence-electron chi connectivity index (χ1n) is 7.79. The first kappa shape index (κ1) is 15.0. The second-order valence-corrected chi connectivity index (χ2v) is 8.48. The highest BCUT2D eigenvalue weighted by Crippen LogP contribution is 2.30. The van der Waals surface area contributed by atoms with Gasteiger partial charge in [-0.3, -0.25) is 0 Å². The van der Waals surface area contributed by atoms with Gasteiger partial charge in [-0.25, -0.2) is 8.42 Å². The molecule has 1 heterocycles. The Morgan fingerprint density at radius 2 is 1.95 bits per heavy atom. The lowest BCUT2D eigenvalue weighted by molar-refractivity contribution is 0.239. The number of rotatable bonds is 3. The summed E-state index contributed by atoms with van der Waals surface area (Å²) >= 11 is 0. The van der Waals surface area contributed by atoms with E-state index >= 15 is 0 Å². The lowest BCUT2D eigenvalue weighted by Gasteiger charge is -2.33. The molecule has 4 nitrogen and oxygen atoms in total. The van der Waals surface area contributed by atoms with Crippen LogP contribution in [0.1, 0.15) is 43.7 Å². The number of nitrogens with one attached hydrogen (secondary N) is 1. The summed E-state index contributed by atoms with van der Waals surface area (Å²) in [6, 6.07) is 5.68. The van der Waals surface area contributed by atoms with E-state index < -0.39 is 10.0 Å². The third-order valence-electron chi connectivity index (χ3n) is 4.91. The zero-order valence-electron chi connectivity index (χ0n) is 12.8. The summed E-state index contributed by atoms with van der Waals surface area (Å²) < 4.78 is 27.3. The Hall–Kier alpha value is -0.910. The molecule has 0 spiro atoms. The third-order valence-corrected chi connectivity index (χ3v) is 6.81. The molecule has 1 aromatic carbocycles. The molecular weight excluding hydrogens is 284 g/mol. The van der Waals surface area contributed by atoms with Crippen molar-refractivity contribution >= 4 is 10.0 Å². The Labute approximate surface area is 127 Å². The molecule has 1 fully saturated rings. The Balaban J connectivity index is 1.85. The van der Waals surface area contributed by atoms with Gasteiger partial charge in [-0.1, -0.05) is 25.8 Å². The minimum Gasteiger partial charge on any atom is -0.309 e. The molecule has 21 heavy (non-hydrogen) atoms. The second-order valence-electron chi connectivity index (χ2n) is 6.48. The van der Waals surface area contributed by atoms with Gasteiger partial charge in [0.15, 0.2) is 0 Å². The van der Waals surface area contributed by atoms with E-state index in [4.69, 9.17) is 0 Å². The van der Waals surface area contributed by atoms with Crippen molar-refractivity contribution in [3.63, 3.8) is 0 Å². The monoisotopic (exact) mass is 308 g/mol. The Morgan fingerprint density at radius 3 is 2.71 bits per heavy atom. The molecule has 5 heteroatoms. The quantitative estimate of drug-likeness (QED) is 0.933. The van der Waals surface area contributed by atoms with Gasteiger partial charge in [-0.15, -0.1) is 0 Å². The molecule has 2 atom stereocenters. The fraction of sp³-hybridized carbons (Fsp3) is 0.625. The van der Waals surface area contributed by atoms with Crippen molar-refractivity contribution in [2.75, 3.05) is 7.05 Å². The standard InChI is InChI=1S/C16H24N2O2S/c1-12-4-3-5-15(8-12)18(2)21(19,20)16-7-6-13-10-17-11-14(13)9-16/h6-7,9,12,15,17H,3-5,8,10-11H2,1-2H3. The van der Waals surface area contributed by atoms with E-state index in [1.807, 2.05) is 12.1 Å². The minimum absolute atomic E-state index is 0.144. The number of hydrogen-bond donors (Lipinski definition) is 1. The van der Waals surface area contributed by atoms with Crippen LogP contribution >= 0.6 is 0 Å². The zero-order valence-corrected chi connectivity index (χ0v) is 13.6. The Morgan fingerprint density at radius 1 is 1.19 bits per heavy atom. The topological polar surface area (TPSA) is 49.4 Å². The van der Waals surface area contributed by atoms with Crippen LogP contribution in [-0.2, 0) is 23.1 Å². The van der Waals surface area contributed by atoms with Crippen LogP contribution in [0.3, 0.4) is 0 Å². The van der Waals surface area contributed by atoms with Crippen molar-refractivity contribution in [3.05, 3.63) is 29.3 Å². The maximum Gasteiger partial charge on any atom is 0.243 e. The number of nitrogens with zero attached hydrogens (tertiary/aromatic N) is 1. The van der Waals surface area contributed by atoms with Gasteiger partial charge in [0.05, 0.1) is 4.90 Å². The van der Waals surface area contributed by atoms with E-state index in [1.54, 1.807) is 17.4 Å². The molecule has 1 aromatic rings. The van der Waals surface area contributed by atoms with Gasteiger partial charge in [0.1, 0.15) is 0 Å². The second kappa shape index (κ2) is 5.71. The number of sulfonamides is 1. The van der Waals surface area contributed by atoms with Crippen LogP contribution in [0.2, 0.25) is 0 Å². The molecule has 0 radical (unpaired) electrons. The van der Waals surface area contributed by atoms with Gasteiger partial charge in [0.25, 0.3) is 0 Å². The molecule has 1 N–H and O–H groups in total. The predicted octanol–water partition coefficient (Wildman–Crippen LogP) is 2.49. The molecule has 0 bridgehead atoms. The van der Waals surface area contributed by atoms with Crippen molar-refractivity contribution in [1.82, 2.24) is 9.62 Å². The summed E-state index contributed by atoms with van der Waals surface area (Å²) in [5.41, 5.74) is 2.32. The van der Waals surface area contributed by atoms with Crippen molar-refractivity contribution in [2.24, 2.45) is 5.92 Å². The Kier molecular flexibility index (Phi) is 4.08. The molecule has 0 aromatic heterocycles. The summed E-state index contributed by atoms with van der Waals surface area (Å²) in [5.74, 6) is 0.616. The predicted molar refractivity (Wildman–Crippen MR) is 83.4 cm³/mol. The summed E-state index contributed by atoms with van der Waals surface area (Å²) in [6.45, 7) is 3.82. The highest BCUT2D eigenvalue weighted by molar-refractivity contribution is 7.89. The maximum absolute atomic E-state index is 12.8. The van der Waals surface area contributed by atoms with Crippen LogP contribution in [0, 0.1) is 5.92 Å². The van der Waals surface area contributed by atoms with Crippen molar-refractivity contribution < 1.29 is 8.42 Å². The summed E-state index contributed by atoms with van der Waals surface area (Å²) in [6.07, 6.45) is 4.30. The summed E-state index contributed by atoms with van der Waals surface area (Å²) in [4.78, 5) is 0.436. The normalized spacial score (nSPS) is 26.0. The van der Waals surface area contributed by atoms with Gasteiger partial charge >= 0.3 is 0 Å². The van der Waals surface area contributed by atoms with E-state index in [-0.39, 0.29) is 6.04 Å². The van der Waals surface area contributed by atoms with Gasteiger partial charge in [0, 0.05) is 26.2 Å². The molecule has 2 aliphatic rings. The van der Waals surface area contributed by atoms with Gasteiger partial charge in [-0.2, -0.15) is 4.31 Å². The van der Waals surface area contributed by atoms with Gasteiger partial charge in [0.2, 0.25) is 10.0 Å². The smallest absolute Gasteiger partial charge is 0.243 e. The van der Waals surface area contributed by atoms with Crippen LogP contribution < -0.4 is 5.32 Å². The first-order chi connectivity index (χ1) is 9.98. The molecular formula is C16H24N2O2S. The average molecular weight is 308 g/mol. The van der Waals surface area contributed by atoms with E-state index in [0.717, 1.165) is 37.9 Å². The van der Waals surface area contributed by atoms with Gasteiger partial charge in [-0.05, 0) is 42.0 Å². The van der Waals surface area contributed by atoms with Crippen molar-refractivity contribution in [2.45, 2.75) is 56.6 Å². The SMILES string of the molecule is CC1CCCC(N(C)S(=O)(=O)c2ccc3c(c2)CNC3)C1. The first-order valence-corrected chi connectivity index (χ1v) is 9.23. The molecule has 2 unspecified atom stereocenters. The van der Waals surface area contributed by atoms with Crippen molar-refractivity contribution in [3.8, 4) is 0 Å². The fourth-order valence-corrected chi connectivity index (χ4v) is 4.97. The molecule has 116 valence electrons. The highest BCUT2D eigenvalue weighted by atomic mass is 32.2. The lowest BCUT2D eigenvalue weighted by Crippen LogP contribution is -2.39. The van der Waals surface area contributed by atoms with Crippen LogP contribution in [0.25, 0.3) is 0 Å². The number of fused-ring (bicyclic) bond motifs is 1. The average Bonchev–Trinajstić information content (AvgIpc) is 2.93. The van der Waals surface area contributed by atoms with E-state index in [1.165, 1.54) is 12.0 Å². The largest absolute Gasteiger partial charge is 0.309 e. The molecule has 0 saturated heterocycles. The van der Waals surface area contributed by atoms with Crippen LogP contribution in [0.5, 0.6) is 0 Å². The number of hydrogen-bond acceptors (Lipinski definition) is 3. The molecule has 1 saturated carbocycles. The lowest BCUT2D eigenvalue weighted by atomic mass is 9.87. The highest BCUT2D eigenvalue weighted by Gasteiger charge is 2.31. The van der Waals surface area contributed by atoms with Crippen LogP contribution in [0.4, 0.5) is 0 Å². The summed E-state index contributed by atoms with van der Waals surface area (Å²) in [5, 5.41) is 3.26. The zero-order chi connectivity index (χ0) is 15.0. The Bertz CT molecular complexity index is 627. The van der Waals surface area contributed by atoms with E-state index in [9.17, 15) is 8.42 Å². The molecule has 3 rings (SSSR count). The van der Waals surface area contributed by atoms with Crippen LogP contribution in [0.15, 0.2) is 23.1 Å². The van der Waals surface area contributed by atoms with E-state index in [2.05, 4.69) is 12.2 Å². The fourth-order valence-electron chi connectivity index (χ4n) is 3.53. The maximum atomic E-state index is 12.8. The molecule has 1 aliphatic carbocycles. The molecule has 0 amide bonds. The van der Waals surface area contributed by atoms with Crippen molar-refractivity contribution in [1.29, 1.82) is 0 Å². The summed E-state index contributed by atoms with van der Waals surface area (Å²) in [7, 11) is -1.64. The third kappa shape index (κ3) is 2.87. The molecule has 1 aliphatic heterocycles. The van der Waals surface area contributed by atoms with Gasteiger partial charge < -0.3 is 5.32 Å². The minimum atomic E-state index is -3.38. The van der Waals surface area contributed by atoms with E-state index in [0.29, 0.717) is 10.8 Å². The number of benzene rings is 1.